The van der Waals surface area contributed by atoms with Crippen LogP contribution in [0.15, 0.2) is 48.8 Å². The van der Waals surface area contributed by atoms with E-state index in [1.165, 1.54) is 0 Å². The lowest BCUT2D eigenvalue weighted by Gasteiger charge is -2.15. The Labute approximate surface area is 116 Å². The van der Waals surface area contributed by atoms with Gasteiger partial charge in [0.25, 0.3) is 0 Å². The van der Waals surface area contributed by atoms with Crippen molar-refractivity contribution in [1.82, 2.24) is 10.3 Å². The lowest BCUT2D eigenvalue weighted by molar-refractivity contribution is 0.249. The lowest BCUT2D eigenvalue weighted by Crippen LogP contribution is -2.31. The first-order valence-electron chi connectivity index (χ1n) is 5.88. The summed E-state index contributed by atoms with van der Waals surface area (Å²) in [6.45, 7) is 1.91. The number of carbonyl (C=O) groups is 1. The van der Waals surface area contributed by atoms with Crippen molar-refractivity contribution in [1.29, 1.82) is 0 Å². The minimum absolute atomic E-state index is 0.103. The predicted octanol–water partition coefficient (Wildman–Crippen LogP) is 3.62. The number of anilines is 1. The number of rotatable bonds is 3. The van der Waals surface area contributed by atoms with E-state index < -0.39 is 0 Å². The Bertz CT molecular complexity index is 542. The van der Waals surface area contributed by atoms with Gasteiger partial charge in [-0.05, 0) is 36.8 Å². The number of benzene rings is 1. The van der Waals surface area contributed by atoms with Crippen molar-refractivity contribution in [2.45, 2.75) is 13.0 Å². The molecule has 0 aliphatic heterocycles. The lowest BCUT2D eigenvalue weighted by atomic mass is 10.1. The number of nitrogens with zero attached hydrogens (tertiary/aromatic N) is 1. The second-order valence-electron chi connectivity index (χ2n) is 4.11. The number of hydrogen-bond donors (Lipinski definition) is 2. The molecule has 1 unspecified atom stereocenters. The highest BCUT2D eigenvalue weighted by molar-refractivity contribution is 6.30. The van der Waals surface area contributed by atoms with Gasteiger partial charge in [0, 0.05) is 11.2 Å². The average Bonchev–Trinajstić information content (AvgIpc) is 2.40. The Morgan fingerprint density at radius 2 is 2.00 bits per heavy atom. The van der Waals surface area contributed by atoms with Crippen LogP contribution in [0.2, 0.25) is 5.02 Å². The van der Waals surface area contributed by atoms with E-state index in [4.69, 9.17) is 11.6 Å². The van der Waals surface area contributed by atoms with Crippen LogP contribution in [0.4, 0.5) is 10.5 Å². The summed E-state index contributed by atoms with van der Waals surface area (Å²) in [5.74, 6) is 0. The standard InChI is InChI=1S/C14H14ClN3O/c1-10(11-4-6-12(15)7-5-11)17-14(19)18-13-3-2-8-16-9-13/h2-10H,1H3,(H2,17,18,19). The van der Waals surface area contributed by atoms with E-state index in [0.717, 1.165) is 5.56 Å². The van der Waals surface area contributed by atoms with E-state index in [0.29, 0.717) is 10.7 Å². The van der Waals surface area contributed by atoms with Crippen molar-refractivity contribution in [2.75, 3.05) is 5.32 Å². The molecule has 19 heavy (non-hydrogen) atoms. The Morgan fingerprint density at radius 3 is 2.63 bits per heavy atom. The van der Waals surface area contributed by atoms with Gasteiger partial charge in [0.2, 0.25) is 0 Å². The summed E-state index contributed by atoms with van der Waals surface area (Å²) in [7, 11) is 0. The summed E-state index contributed by atoms with van der Waals surface area (Å²) in [6.07, 6.45) is 3.24. The van der Waals surface area contributed by atoms with Gasteiger partial charge >= 0.3 is 6.03 Å². The maximum absolute atomic E-state index is 11.8. The van der Waals surface area contributed by atoms with Crippen LogP contribution in [0.1, 0.15) is 18.5 Å². The fourth-order valence-corrected chi connectivity index (χ4v) is 1.76. The van der Waals surface area contributed by atoms with Crippen LogP contribution in [0.25, 0.3) is 0 Å². The molecule has 2 aromatic rings. The van der Waals surface area contributed by atoms with Crippen LogP contribution in [0, 0.1) is 0 Å². The van der Waals surface area contributed by atoms with Gasteiger partial charge in [-0.25, -0.2) is 4.79 Å². The second kappa shape index (κ2) is 6.20. The fourth-order valence-electron chi connectivity index (χ4n) is 1.64. The molecule has 0 spiro atoms. The first-order chi connectivity index (χ1) is 9.15. The maximum Gasteiger partial charge on any atom is 0.319 e. The fraction of sp³-hybridized carbons (Fsp3) is 0.143. The van der Waals surface area contributed by atoms with Gasteiger partial charge < -0.3 is 10.6 Å². The minimum Gasteiger partial charge on any atom is -0.331 e. The molecule has 0 fully saturated rings. The van der Waals surface area contributed by atoms with Gasteiger partial charge in [0.05, 0.1) is 17.9 Å². The van der Waals surface area contributed by atoms with Crippen LogP contribution in [0.3, 0.4) is 0 Å². The molecule has 0 aliphatic rings. The van der Waals surface area contributed by atoms with Gasteiger partial charge in [-0.1, -0.05) is 23.7 Å². The molecule has 1 aromatic carbocycles. The number of hydrogen-bond acceptors (Lipinski definition) is 2. The van der Waals surface area contributed by atoms with E-state index >= 15 is 0 Å². The number of aromatic nitrogens is 1. The number of pyridine rings is 1. The SMILES string of the molecule is CC(NC(=O)Nc1cccnc1)c1ccc(Cl)cc1. The molecule has 0 aliphatic carbocycles. The molecule has 2 amide bonds. The highest BCUT2D eigenvalue weighted by Gasteiger charge is 2.09. The molecule has 2 rings (SSSR count). The van der Waals surface area contributed by atoms with Crippen LogP contribution in [-0.4, -0.2) is 11.0 Å². The number of halogens is 1. The normalized spacial score (nSPS) is 11.7. The molecule has 0 radical (unpaired) electrons. The highest BCUT2D eigenvalue weighted by Crippen LogP contribution is 2.16. The van der Waals surface area contributed by atoms with Gasteiger partial charge in [-0.15, -0.1) is 0 Å². The zero-order chi connectivity index (χ0) is 13.7. The predicted molar refractivity (Wildman–Crippen MR) is 76.3 cm³/mol. The smallest absolute Gasteiger partial charge is 0.319 e. The quantitative estimate of drug-likeness (QED) is 0.899. The monoisotopic (exact) mass is 275 g/mol. The van der Waals surface area contributed by atoms with Gasteiger partial charge in [-0.2, -0.15) is 0 Å². The summed E-state index contributed by atoms with van der Waals surface area (Å²) in [6, 6.07) is 10.5. The van der Waals surface area contributed by atoms with E-state index in [1.54, 1.807) is 36.7 Å². The van der Waals surface area contributed by atoms with Crippen molar-refractivity contribution in [2.24, 2.45) is 0 Å². The summed E-state index contributed by atoms with van der Waals surface area (Å²) < 4.78 is 0. The summed E-state index contributed by atoms with van der Waals surface area (Å²) in [4.78, 5) is 15.7. The van der Waals surface area contributed by atoms with Crippen molar-refractivity contribution in [3.63, 3.8) is 0 Å². The number of urea groups is 1. The number of amides is 2. The Hall–Kier alpha value is -2.07. The third kappa shape index (κ3) is 3.96. The van der Waals surface area contributed by atoms with Crippen molar-refractivity contribution in [3.05, 3.63) is 59.4 Å². The molecule has 2 N–H and O–H groups in total. The third-order valence-corrected chi connectivity index (χ3v) is 2.89. The van der Waals surface area contributed by atoms with Crippen LogP contribution >= 0.6 is 11.6 Å². The molecule has 0 bridgehead atoms. The summed E-state index contributed by atoms with van der Waals surface area (Å²) >= 11 is 5.82. The molecule has 0 saturated heterocycles. The molecule has 1 aromatic heterocycles. The van der Waals surface area contributed by atoms with E-state index in [1.807, 2.05) is 19.1 Å². The Kier molecular flexibility index (Phi) is 4.36. The number of nitrogens with one attached hydrogen (secondary N) is 2. The van der Waals surface area contributed by atoms with Crippen molar-refractivity contribution in [3.8, 4) is 0 Å². The Balaban J connectivity index is 1.93. The average molecular weight is 276 g/mol. The van der Waals surface area contributed by atoms with Gasteiger partial charge in [-0.3, -0.25) is 4.98 Å². The van der Waals surface area contributed by atoms with Crippen LogP contribution in [0.5, 0.6) is 0 Å². The summed E-state index contributed by atoms with van der Waals surface area (Å²) in [5.41, 5.74) is 1.65. The topological polar surface area (TPSA) is 54.0 Å². The number of carbonyl (C=O) groups excluding carboxylic acids is 1. The first kappa shape index (κ1) is 13.4. The molecule has 5 heteroatoms. The molecule has 98 valence electrons. The largest absolute Gasteiger partial charge is 0.331 e. The van der Waals surface area contributed by atoms with E-state index in [9.17, 15) is 4.79 Å². The van der Waals surface area contributed by atoms with Crippen molar-refractivity contribution < 1.29 is 4.79 Å². The molecule has 4 nitrogen and oxygen atoms in total. The molecule has 1 atom stereocenters. The molecular formula is C14H14ClN3O. The third-order valence-electron chi connectivity index (χ3n) is 2.64. The first-order valence-corrected chi connectivity index (χ1v) is 6.26. The van der Waals surface area contributed by atoms with Crippen LogP contribution in [-0.2, 0) is 0 Å². The zero-order valence-electron chi connectivity index (χ0n) is 10.4. The van der Waals surface area contributed by atoms with Gasteiger partial charge in [0.15, 0.2) is 0 Å². The Morgan fingerprint density at radius 1 is 1.26 bits per heavy atom. The summed E-state index contributed by atoms with van der Waals surface area (Å²) in [5, 5.41) is 6.24. The minimum atomic E-state index is -0.268. The van der Waals surface area contributed by atoms with Crippen LogP contribution < -0.4 is 10.6 Å². The zero-order valence-corrected chi connectivity index (χ0v) is 11.2. The van der Waals surface area contributed by atoms with E-state index in [2.05, 4.69) is 15.6 Å². The van der Waals surface area contributed by atoms with Gasteiger partial charge in [0.1, 0.15) is 0 Å². The van der Waals surface area contributed by atoms with Crippen molar-refractivity contribution >= 4 is 23.3 Å². The highest BCUT2D eigenvalue weighted by atomic mass is 35.5. The molecular weight excluding hydrogens is 262 g/mol. The maximum atomic E-state index is 11.8. The van der Waals surface area contributed by atoms with E-state index in [-0.39, 0.29) is 12.1 Å². The molecule has 0 saturated carbocycles. The second-order valence-corrected chi connectivity index (χ2v) is 4.55. The molecule has 1 heterocycles.